The molecule has 1 aromatic carbocycles. The highest BCUT2D eigenvalue weighted by molar-refractivity contribution is 14.1. The summed E-state index contributed by atoms with van der Waals surface area (Å²) in [5.74, 6) is 1.66. The van der Waals surface area contributed by atoms with Crippen molar-refractivity contribution in [2.45, 2.75) is 37.5 Å². The molecule has 2 aliphatic rings. The highest BCUT2D eigenvalue weighted by Crippen LogP contribution is 2.68. The third-order valence-electron chi connectivity index (χ3n) is 5.90. The number of hydrogen-bond donors (Lipinski definition) is 1. The van der Waals surface area contributed by atoms with Crippen LogP contribution in [0.2, 0.25) is 0 Å². The Labute approximate surface area is 130 Å². The molecule has 104 valence electrons. The van der Waals surface area contributed by atoms with E-state index >= 15 is 0 Å². The molecule has 2 aliphatic carbocycles. The van der Waals surface area contributed by atoms with Gasteiger partial charge in [0, 0.05) is 16.2 Å². The Balaban J connectivity index is 1.71. The lowest BCUT2D eigenvalue weighted by Gasteiger charge is -2.41. The number of fused-ring (bicyclic) bond motifs is 2. The van der Waals surface area contributed by atoms with Crippen molar-refractivity contribution in [1.82, 2.24) is 0 Å². The Morgan fingerprint density at radius 2 is 1.95 bits per heavy atom. The summed E-state index contributed by atoms with van der Waals surface area (Å²) in [5.41, 5.74) is 2.36. The summed E-state index contributed by atoms with van der Waals surface area (Å²) in [6, 6.07) is 10.6. The minimum Gasteiger partial charge on any atom is -0.385 e. The zero-order chi connectivity index (χ0) is 13.7. The number of alkyl halides is 1. The fourth-order valence-corrected chi connectivity index (χ4v) is 5.96. The predicted octanol–water partition coefficient (Wildman–Crippen LogP) is 4.97. The molecule has 0 aliphatic heterocycles. The number of para-hydroxylation sites is 1. The van der Waals surface area contributed by atoms with Crippen LogP contribution >= 0.6 is 22.6 Å². The van der Waals surface area contributed by atoms with Crippen LogP contribution in [0.25, 0.3) is 0 Å². The number of rotatable bonds is 3. The van der Waals surface area contributed by atoms with Crippen molar-refractivity contribution in [2.75, 3.05) is 11.9 Å². The lowest BCUT2D eigenvalue weighted by Crippen LogP contribution is -2.39. The van der Waals surface area contributed by atoms with Crippen LogP contribution in [0.5, 0.6) is 0 Å². The van der Waals surface area contributed by atoms with Gasteiger partial charge in [0.15, 0.2) is 0 Å². The highest BCUT2D eigenvalue weighted by atomic mass is 127. The molecule has 0 aromatic heterocycles. The largest absolute Gasteiger partial charge is 0.385 e. The standard InChI is InChI=1S/C17H24IN/c1-12-15(18)16(2)9-13(17(12,3)11-16)10-19-14-7-5-4-6-8-14/h4-8,12-13,15,19H,9-11H2,1-3H3. The smallest absolute Gasteiger partial charge is 0.0340 e. The molecule has 1 nitrogen and oxygen atoms in total. The van der Waals surface area contributed by atoms with Crippen molar-refractivity contribution < 1.29 is 0 Å². The van der Waals surface area contributed by atoms with Crippen LogP contribution in [-0.2, 0) is 0 Å². The normalized spacial score (nSPS) is 44.5. The third-order valence-corrected chi connectivity index (χ3v) is 8.48. The molecule has 0 heterocycles. The Morgan fingerprint density at radius 1 is 1.26 bits per heavy atom. The van der Waals surface area contributed by atoms with Gasteiger partial charge in [-0.1, -0.05) is 61.6 Å². The van der Waals surface area contributed by atoms with E-state index in [0.717, 1.165) is 22.3 Å². The van der Waals surface area contributed by atoms with Crippen molar-refractivity contribution in [3.05, 3.63) is 30.3 Å². The molecule has 0 spiro atoms. The van der Waals surface area contributed by atoms with Crippen LogP contribution in [0.15, 0.2) is 30.3 Å². The molecular weight excluding hydrogens is 345 g/mol. The first-order chi connectivity index (χ1) is 8.96. The number of nitrogens with one attached hydrogen (secondary N) is 1. The van der Waals surface area contributed by atoms with E-state index in [2.05, 4.69) is 79.0 Å². The van der Waals surface area contributed by atoms with Gasteiger partial charge in [-0.25, -0.2) is 0 Å². The van der Waals surface area contributed by atoms with E-state index in [1.54, 1.807) is 0 Å². The molecule has 2 bridgehead atoms. The van der Waals surface area contributed by atoms with Crippen molar-refractivity contribution >= 4 is 28.3 Å². The van der Waals surface area contributed by atoms with Crippen LogP contribution in [0.1, 0.15) is 33.6 Å². The highest BCUT2D eigenvalue weighted by Gasteiger charge is 2.63. The molecule has 2 fully saturated rings. The summed E-state index contributed by atoms with van der Waals surface area (Å²) < 4.78 is 0.850. The maximum atomic E-state index is 3.65. The van der Waals surface area contributed by atoms with Crippen molar-refractivity contribution in [2.24, 2.45) is 22.7 Å². The molecule has 2 heteroatoms. The van der Waals surface area contributed by atoms with Crippen LogP contribution in [0.3, 0.4) is 0 Å². The van der Waals surface area contributed by atoms with Gasteiger partial charge in [-0.05, 0) is 47.6 Å². The summed E-state index contributed by atoms with van der Waals surface area (Å²) in [5, 5.41) is 3.65. The third kappa shape index (κ3) is 2.10. The van der Waals surface area contributed by atoms with Gasteiger partial charge < -0.3 is 5.32 Å². The monoisotopic (exact) mass is 369 g/mol. The summed E-state index contributed by atoms with van der Waals surface area (Å²) in [6.45, 7) is 8.63. The lowest BCUT2D eigenvalue weighted by molar-refractivity contribution is 0.144. The van der Waals surface area contributed by atoms with Crippen LogP contribution in [-0.4, -0.2) is 10.5 Å². The second-order valence-electron chi connectivity index (χ2n) is 7.18. The van der Waals surface area contributed by atoms with E-state index in [1.807, 2.05) is 0 Å². The molecule has 0 radical (unpaired) electrons. The Kier molecular flexibility index (Phi) is 3.35. The molecule has 19 heavy (non-hydrogen) atoms. The van der Waals surface area contributed by atoms with Crippen molar-refractivity contribution in [1.29, 1.82) is 0 Å². The van der Waals surface area contributed by atoms with Crippen LogP contribution in [0, 0.1) is 22.7 Å². The van der Waals surface area contributed by atoms with E-state index in [0.29, 0.717) is 10.8 Å². The SMILES string of the molecule is CC1C(I)C2(C)CC(CNc3ccccc3)C1(C)C2. The van der Waals surface area contributed by atoms with Crippen LogP contribution < -0.4 is 5.32 Å². The molecule has 0 amide bonds. The lowest BCUT2D eigenvalue weighted by atomic mass is 9.68. The topological polar surface area (TPSA) is 12.0 Å². The van der Waals surface area contributed by atoms with Crippen LogP contribution in [0.4, 0.5) is 5.69 Å². The van der Waals surface area contributed by atoms with Gasteiger partial charge >= 0.3 is 0 Å². The second-order valence-corrected chi connectivity index (χ2v) is 8.52. The maximum absolute atomic E-state index is 3.65. The molecular formula is C17H24IN. The first kappa shape index (κ1) is 13.7. The van der Waals surface area contributed by atoms with Gasteiger partial charge in [-0.15, -0.1) is 0 Å². The van der Waals surface area contributed by atoms with E-state index in [1.165, 1.54) is 18.5 Å². The fraction of sp³-hybridized carbons (Fsp3) is 0.647. The van der Waals surface area contributed by atoms with Crippen molar-refractivity contribution in [3.63, 3.8) is 0 Å². The molecule has 3 rings (SSSR count). The van der Waals surface area contributed by atoms with Gasteiger partial charge in [0.1, 0.15) is 0 Å². The van der Waals surface area contributed by atoms with E-state index < -0.39 is 0 Å². The summed E-state index contributed by atoms with van der Waals surface area (Å²) in [4.78, 5) is 0. The van der Waals surface area contributed by atoms with Gasteiger partial charge in [0.25, 0.3) is 0 Å². The van der Waals surface area contributed by atoms with Crippen molar-refractivity contribution in [3.8, 4) is 0 Å². The Hall–Kier alpha value is -0.250. The quantitative estimate of drug-likeness (QED) is 0.586. The Morgan fingerprint density at radius 3 is 2.53 bits per heavy atom. The Bertz CT molecular complexity index is 460. The zero-order valence-electron chi connectivity index (χ0n) is 12.1. The number of hydrogen-bond acceptors (Lipinski definition) is 1. The molecule has 1 N–H and O–H groups in total. The van der Waals surface area contributed by atoms with E-state index in [4.69, 9.17) is 0 Å². The average molecular weight is 369 g/mol. The maximum Gasteiger partial charge on any atom is 0.0340 e. The minimum absolute atomic E-state index is 0.530. The van der Waals surface area contributed by atoms with Gasteiger partial charge in [0.2, 0.25) is 0 Å². The molecule has 2 saturated carbocycles. The van der Waals surface area contributed by atoms with Gasteiger partial charge in [0.05, 0.1) is 0 Å². The van der Waals surface area contributed by atoms with E-state index in [-0.39, 0.29) is 0 Å². The zero-order valence-corrected chi connectivity index (χ0v) is 14.3. The fourth-order valence-electron chi connectivity index (χ4n) is 4.67. The van der Waals surface area contributed by atoms with Gasteiger partial charge in [-0.2, -0.15) is 0 Å². The predicted molar refractivity (Wildman–Crippen MR) is 90.8 cm³/mol. The number of halogens is 1. The number of anilines is 1. The second kappa shape index (κ2) is 4.64. The molecule has 1 aromatic rings. The minimum atomic E-state index is 0.530. The summed E-state index contributed by atoms with van der Waals surface area (Å²) in [7, 11) is 0. The number of benzene rings is 1. The summed E-state index contributed by atoms with van der Waals surface area (Å²) >= 11 is 2.71. The average Bonchev–Trinajstić information content (AvgIpc) is 2.77. The summed E-state index contributed by atoms with van der Waals surface area (Å²) in [6.07, 6.45) is 2.80. The van der Waals surface area contributed by atoms with E-state index in [9.17, 15) is 0 Å². The molecule has 0 saturated heterocycles. The first-order valence-corrected chi connectivity index (χ1v) is 8.63. The molecule has 5 atom stereocenters. The van der Waals surface area contributed by atoms with Gasteiger partial charge in [-0.3, -0.25) is 0 Å². The molecule has 5 unspecified atom stereocenters. The first-order valence-electron chi connectivity index (χ1n) is 7.39.